The smallest absolute Gasteiger partial charge is 0.291 e. The van der Waals surface area contributed by atoms with E-state index >= 15 is 0 Å². The van der Waals surface area contributed by atoms with Crippen molar-refractivity contribution in [1.82, 2.24) is 20.5 Å². The molecule has 2 heterocycles. The third-order valence-corrected chi connectivity index (χ3v) is 4.71. The van der Waals surface area contributed by atoms with Crippen molar-refractivity contribution < 1.29 is 9.53 Å². The van der Waals surface area contributed by atoms with Crippen molar-refractivity contribution in [1.29, 1.82) is 0 Å². The van der Waals surface area contributed by atoms with E-state index in [1.807, 2.05) is 18.2 Å². The van der Waals surface area contributed by atoms with Crippen LogP contribution in [-0.4, -0.2) is 53.4 Å². The molecule has 0 spiro atoms. The Morgan fingerprint density at radius 3 is 2.71 bits per heavy atom. The van der Waals surface area contributed by atoms with E-state index < -0.39 is 0 Å². The summed E-state index contributed by atoms with van der Waals surface area (Å²) in [5.41, 5.74) is 2.48. The van der Waals surface area contributed by atoms with Gasteiger partial charge in [-0.3, -0.25) is 4.79 Å². The van der Waals surface area contributed by atoms with Crippen LogP contribution in [0.15, 0.2) is 18.2 Å². The maximum atomic E-state index is 12.3. The van der Waals surface area contributed by atoms with E-state index in [0.717, 1.165) is 44.8 Å². The Labute approximate surface area is 140 Å². The van der Waals surface area contributed by atoms with Crippen molar-refractivity contribution in [2.75, 3.05) is 31.2 Å². The number of hydrogen-bond donors (Lipinski definition) is 1. The van der Waals surface area contributed by atoms with E-state index in [1.54, 1.807) is 0 Å². The fraction of sp³-hybridized carbons (Fsp3) is 0.529. The number of carbonyl (C=O) groups is 1. The SMILES string of the molecule is O=C(NC1CCCC1)c1nnc2ccc(N3CCOCC3)cc2n1. The minimum Gasteiger partial charge on any atom is -0.378 e. The molecule has 1 aromatic carbocycles. The molecule has 1 aliphatic heterocycles. The van der Waals surface area contributed by atoms with Gasteiger partial charge in [0.05, 0.1) is 18.7 Å². The zero-order valence-corrected chi connectivity index (χ0v) is 13.6. The second-order valence-electron chi connectivity index (χ2n) is 6.36. The first kappa shape index (κ1) is 15.3. The largest absolute Gasteiger partial charge is 0.378 e. The predicted molar refractivity (Wildman–Crippen MR) is 90.1 cm³/mol. The van der Waals surface area contributed by atoms with Gasteiger partial charge in [0.15, 0.2) is 0 Å². The normalized spacial score (nSPS) is 18.9. The summed E-state index contributed by atoms with van der Waals surface area (Å²) in [5.74, 6) is -0.0818. The van der Waals surface area contributed by atoms with E-state index in [2.05, 4.69) is 25.4 Å². The highest BCUT2D eigenvalue weighted by Crippen LogP contribution is 2.21. The highest BCUT2D eigenvalue weighted by atomic mass is 16.5. The minimum absolute atomic E-state index is 0.147. The third-order valence-electron chi connectivity index (χ3n) is 4.71. The van der Waals surface area contributed by atoms with Gasteiger partial charge in [0.2, 0.25) is 5.82 Å². The number of aromatic nitrogens is 3. The fourth-order valence-electron chi connectivity index (χ4n) is 3.36. The molecule has 2 fully saturated rings. The number of amides is 1. The second kappa shape index (κ2) is 6.68. The number of anilines is 1. The van der Waals surface area contributed by atoms with Crippen molar-refractivity contribution in [2.45, 2.75) is 31.7 Å². The lowest BCUT2D eigenvalue weighted by atomic mass is 10.2. The highest BCUT2D eigenvalue weighted by Gasteiger charge is 2.20. The predicted octanol–water partition coefficient (Wildman–Crippen LogP) is 1.53. The van der Waals surface area contributed by atoms with Crippen LogP contribution in [0.1, 0.15) is 36.3 Å². The van der Waals surface area contributed by atoms with Crippen molar-refractivity contribution in [3.8, 4) is 0 Å². The van der Waals surface area contributed by atoms with Gasteiger partial charge in [-0.05, 0) is 31.0 Å². The summed E-state index contributed by atoms with van der Waals surface area (Å²) in [6.07, 6.45) is 4.41. The Morgan fingerprint density at radius 2 is 1.92 bits per heavy atom. The summed E-state index contributed by atoms with van der Waals surface area (Å²) in [7, 11) is 0. The Kier molecular flexibility index (Phi) is 4.25. The highest BCUT2D eigenvalue weighted by molar-refractivity contribution is 5.92. The van der Waals surface area contributed by atoms with Gasteiger partial charge in [0.25, 0.3) is 5.91 Å². The monoisotopic (exact) mass is 327 g/mol. The molecular formula is C17H21N5O2. The van der Waals surface area contributed by atoms with Crippen molar-refractivity contribution in [2.24, 2.45) is 0 Å². The van der Waals surface area contributed by atoms with Crippen LogP contribution in [0.2, 0.25) is 0 Å². The summed E-state index contributed by atoms with van der Waals surface area (Å²) >= 11 is 0. The van der Waals surface area contributed by atoms with E-state index in [-0.39, 0.29) is 17.8 Å². The van der Waals surface area contributed by atoms with E-state index in [0.29, 0.717) is 11.0 Å². The number of nitrogens with one attached hydrogen (secondary N) is 1. The Hall–Kier alpha value is -2.28. The first-order valence-electron chi connectivity index (χ1n) is 8.58. The fourth-order valence-corrected chi connectivity index (χ4v) is 3.36. The van der Waals surface area contributed by atoms with Gasteiger partial charge in [-0.25, -0.2) is 4.98 Å². The molecule has 1 saturated heterocycles. The van der Waals surface area contributed by atoms with E-state index in [4.69, 9.17) is 4.74 Å². The maximum Gasteiger partial charge on any atom is 0.291 e. The van der Waals surface area contributed by atoms with E-state index in [9.17, 15) is 4.79 Å². The lowest BCUT2D eigenvalue weighted by Crippen LogP contribution is -2.36. The molecule has 0 unspecified atom stereocenters. The first-order chi connectivity index (χ1) is 11.8. The molecule has 1 saturated carbocycles. The van der Waals surface area contributed by atoms with Crippen LogP contribution < -0.4 is 10.2 Å². The van der Waals surface area contributed by atoms with Gasteiger partial charge in [-0.2, -0.15) is 0 Å². The average molecular weight is 327 g/mol. The van der Waals surface area contributed by atoms with Crippen LogP contribution in [0, 0.1) is 0 Å². The first-order valence-corrected chi connectivity index (χ1v) is 8.58. The number of hydrogen-bond acceptors (Lipinski definition) is 6. The van der Waals surface area contributed by atoms with Gasteiger partial charge in [-0.1, -0.05) is 12.8 Å². The maximum absolute atomic E-state index is 12.3. The third kappa shape index (κ3) is 3.17. The molecule has 4 rings (SSSR count). The molecule has 7 nitrogen and oxygen atoms in total. The molecule has 0 atom stereocenters. The van der Waals surface area contributed by atoms with Crippen LogP contribution in [0.4, 0.5) is 5.69 Å². The molecule has 24 heavy (non-hydrogen) atoms. The molecule has 0 bridgehead atoms. The Balaban J connectivity index is 1.57. The van der Waals surface area contributed by atoms with Gasteiger partial charge < -0.3 is 15.0 Å². The number of ether oxygens (including phenoxy) is 1. The Bertz CT molecular complexity index is 739. The van der Waals surface area contributed by atoms with Crippen molar-refractivity contribution >= 4 is 22.6 Å². The molecule has 7 heteroatoms. The average Bonchev–Trinajstić information content (AvgIpc) is 3.14. The molecular weight excluding hydrogens is 306 g/mol. The lowest BCUT2D eigenvalue weighted by molar-refractivity contribution is 0.0926. The topological polar surface area (TPSA) is 80.2 Å². The minimum atomic E-state index is -0.229. The molecule has 1 amide bonds. The molecule has 1 aliphatic carbocycles. The zero-order chi connectivity index (χ0) is 16.4. The number of carbonyl (C=O) groups excluding carboxylic acids is 1. The van der Waals surface area contributed by atoms with Crippen LogP contribution in [-0.2, 0) is 4.74 Å². The van der Waals surface area contributed by atoms with Gasteiger partial charge in [0, 0.05) is 24.8 Å². The molecule has 1 N–H and O–H groups in total. The number of fused-ring (bicyclic) bond motifs is 1. The van der Waals surface area contributed by atoms with Gasteiger partial charge in [0.1, 0.15) is 5.52 Å². The van der Waals surface area contributed by atoms with Crippen molar-refractivity contribution in [3.63, 3.8) is 0 Å². The second-order valence-corrected chi connectivity index (χ2v) is 6.36. The van der Waals surface area contributed by atoms with Gasteiger partial charge >= 0.3 is 0 Å². The lowest BCUT2D eigenvalue weighted by Gasteiger charge is -2.28. The summed E-state index contributed by atoms with van der Waals surface area (Å²) < 4.78 is 5.39. The van der Waals surface area contributed by atoms with Crippen LogP contribution in [0.25, 0.3) is 11.0 Å². The van der Waals surface area contributed by atoms with Crippen LogP contribution in [0.3, 0.4) is 0 Å². The number of rotatable bonds is 3. The van der Waals surface area contributed by atoms with E-state index in [1.165, 1.54) is 12.8 Å². The molecule has 126 valence electrons. The van der Waals surface area contributed by atoms with Crippen LogP contribution in [0.5, 0.6) is 0 Å². The quantitative estimate of drug-likeness (QED) is 0.921. The summed E-state index contributed by atoms with van der Waals surface area (Å²) in [4.78, 5) is 19.0. The summed E-state index contributed by atoms with van der Waals surface area (Å²) in [6.45, 7) is 3.18. The zero-order valence-electron chi connectivity index (χ0n) is 13.6. The summed E-state index contributed by atoms with van der Waals surface area (Å²) in [5, 5.41) is 11.1. The van der Waals surface area contributed by atoms with Crippen molar-refractivity contribution in [3.05, 3.63) is 24.0 Å². The number of morpholine rings is 1. The number of nitrogens with zero attached hydrogens (tertiary/aromatic N) is 4. The number of benzene rings is 1. The Morgan fingerprint density at radius 1 is 1.12 bits per heavy atom. The summed E-state index contributed by atoms with van der Waals surface area (Å²) in [6, 6.07) is 6.14. The molecule has 2 aromatic rings. The van der Waals surface area contributed by atoms with Gasteiger partial charge in [-0.15, -0.1) is 10.2 Å². The standard InChI is InChI=1S/C17H21N5O2/c23-17(18-12-3-1-2-4-12)16-19-15-11-13(5-6-14(15)20-21-16)22-7-9-24-10-8-22/h5-6,11-12H,1-4,7-10H2,(H,18,23). The van der Waals surface area contributed by atoms with Crippen LogP contribution >= 0.6 is 0 Å². The molecule has 2 aliphatic rings. The molecule has 1 aromatic heterocycles. The molecule has 0 radical (unpaired) electrons.